The molecule has 0 heterocycles. The molecule has 0 aliphatic rings. The summed E-state index contributed by atoms with van der Waals surface area (Å²) in [6.07, 6.45) is 4.10. The van der Waals surface area contributed by atoms with Crippen LogP contribution in [0.5, 0.6) is 5.75 Å². The molecule has 0 aromatic heterocycles. The van der Waals surface area contributed by atoms with Crippen molar-refractivity contribution in [3.8, 4) is 5.75 Å². The summed E-state index contributed by atoms with van der Waals surface area (Å²) in [6, 6.07) is 10.2. The Bertz CT molecular complexity index is 1360. The average Bonchev–Trinajstić information content (AvgIpc) is 2.84. The lowest BCUT2D eigenvalue weighted by molar-refractivity contribution is 0.101. The van der Waals surface area contributed by atoms with Gasteiger partial charge in [-0.25, -0.2) is 13.4 Å². The Kier molecular flexibility index (Phi) is 11.2. The molecule has 0 bridgehead atoms. The van der Waals surface area contributed by atoms with Gasteiger partial charge in [0.15, 0.2) is 21.5 Å². The zero-order valence-electron chi connectivity index (χ0n) is 23.3. The van der Waals surface area contributed by atoms with Crippen LogP contribution in [0, 0.1) is 6.92 Å². The second kappa shape index (κ2) is 13.6. The number of para-hydroxylation sites is 1. The largest absolute Gasteiger partial charge is 0.489 e. The van der Waals surface area contributed by atoms with Crippen LogP contribution in [0.25, 0.3) is 0 Å². The van der Waals surface area contributed by atoms with Crippen LogP contribution in [-0.4, -0.2) is 31.4 Å². The molecule has 2 aromatic carbocycles. The monoisotopic (exact) mass is 559 g/mol. The van der Waals surface area contributed by atoms with E-state index >= 15 is 0 Å². The lowest BCUT2D eigenvalue weighted by atomic mass is 10.0. The number of Topliss-reactive ketones (excluding diaryl/α,β-unsaturated/α-hetero) is 1. The predicted octanol–water partition coefficient (Wildman–Crippen LogP) is 7.48. The van der Waals surface area contributed by atoms with Crippen molar-refractivity contribution >= 4 is 44.4 Å². The number of anilines is 2. The second-order valence-corrected chi connectivity index (χ2v) is 12.2. The molecule has 0 spiro atoms. The molecule has 0 unspecified atom stereocenters. The number of hydrogen-bond donors (Lipinski definition) is 2. The van der Waals surface area contributed by atoms with Crippen molar-refractivity contribution in [3.63, 3.8) is 0 Å². The highest BCUT2D eigenvalue weighted by molar-refractivity contribution is 7.92. The highest BCUT2D eigenvalue weighted by Gasteiger charge is 2.23. The van der Waals surface area contributed by atoms with Crippen molar-refractivity contribution in [1.82, 2.24) is 0 Å². The number of amidine groups is 1. The number of nitrogens with zero attached hydrogens (tertiary/aromatic N) is 1. The topological polar surface area (TPSA) is 96.9 Å². The van der Waals surface area contributed by atoms with Gasteiger partial charge in [0, 0.05) is 5.56 Å². The minimum Gasteiger partial charge on any atom is -0.489 e. The zero-order valence-corrected chi connectivity index (χ0v) is 24.9. The molecule has 2 aromatic rings. The number of aryl methyl sites for hydroxylation is 1. The Balaban J connectivity index is 2.63. The normalized spacial score (nSPS) is 13.2. The van der Waals surface area contributed by atoms with Crippen LogP contribution >= 0.6 is 11.6 Å². The van der Waals surface area contributed by atoms with Crippen molar-refractivity contribution < 1.29 is 17.9 Å². The SMILES string of the molecule is C\C=C(Cl)/C(=N\C(=C\CC)Nc1cc(C(C)=O)c(C)cc1OC(C)C)Nc1ccccc1S(=O)(=O)C(C)C. The molecule has 0 fully saturated rings. The minimum atomic E-state index is -3.57. The predicted molar refractivity (Wildman–Crippen MR) is 158 cm³/mol. The quantitative estimate of drug-likeness (QED) is 0.168. The van der Waals surface area contributed by atoms with E-state index in [1.807, 2.05) is 39.8 Å². The smallest absolute Gasteiger partial charge is 0.182 e. The van der Waals surface area contributed by atoms with Crippen LogP contribution in [0.1, 0.15) is 70.8 Å². The molecule has 7 nitrogen and oxygen atoms in total. The molecule has 0 aliphatic heterocycles. The summed E-state index contributed by atoms with van der Waals surface area (Å²) in [4.78, 5) is 17.1. The maximum Gasteiger partial charge on any atom is 0.182 e. The number of aliphatic imine (C=N–C) groups is 1. The summed E-state index contributed by atoms with van der Waals surface area (Å²) in [6.45, 7) is 14.2. The summed E-state index contributed by atoms with van der Waals surface area (Å²) in [5, 5.41) is 6.11. The average molecular weight is 560 g/mol. The molecule has 0 radical (unpaired) electrons. The maximum absolute atomic E-state index is 13.0. The third-order valence-corrected chi connectivity index (χ3v) is 8.12. The van der Waals surface area contributed by atoms with E-state index < -0.39 is 15.1 Å². The maximum atomic E-state index is 13.0. The van der Waals surface area contributed by atoms with Crippen LogP contribution in [0.15, 0.2) is 69.3 Å². The third kappa shape index (κ3) is 7.95. The molecule has 38 heavy (non-hydrogen) atoms. The molecule has 206 valence electrons. The number of halogens is 1. The summed E-state index contributed by atoms with van der Waals surface area (Å²) in [7, 11) is -3.57. The molecule has 2 rings (SSSR count). The number of sulfone groups is 1. The lowest BCUT2D eigenvalue weighted by Gasteiger charge is -2.19. The van der Waals surface area contributed by atoms with Gasteiger partial charge in [-0.05, 0) is 90.8 Å². The van der Waals surface area contributed by atoms with Gasteiger partial charge in [-0.2, -0.15) is 0 Å². The van der Waals surface area contributed by atoms with Crippen molar-refractivity contribution in [3.05, 3.63) is 70.5 Å². The number of hydrogen-bond acceptors (Lipinski definition) is 6. The van der Waals surface area contributed by atoms with Crippen LogP contribution in [0.4, 0.5) is 11.4 Å². The Morgan fingerprint density at radius 1 is 1.11 bits per heavy atom. The summed E-state index contributed by atoms with van der Waals surface area (Å²) in [5.74, 6) is 1.23. The van der Waals surface area contributed by atoms with Crippen molar-refractivity contribution in [2.75, 3.05) is 10.6 Å². The molecule has 2 N–H and O–H groups in total. The van der Waals surface area contributed by atoms with Crippen LogP contribution in [0.3, 0.4) is 0 Å². The van der Waals surface area contributed by atoms with Crippen LogP contribution < -0.4 is 15.4 Å². The summed E-state index contributed by atoms with van der Waals surface area (Å²) in [5.41, 5.74) is 2.33. The third-order valence-electron chi connectivity index (χ3n) is 5.51. The lowest BCUT2D eigenvalue weighted by Crippen LogP contribution is -2.20. The Morgan fingerprint density at radius 3 is 2.32 bits per heavy atom. The van der Waals surface area contributed by atoms with Crippen molar-refractivity contribution in [2.24, 2.45) is 4.99 Å². The molecule has 9 heteroatoms. The first-order valence-electron chi connectivity index (χ1n) is 12.6. The second-order valence-electron chi connectivity index (χ2n) is 9.32. The molecule has 0 atom stereocenters. The van der Waals surface area contributed by atoms with Gasteiger partial charge in [0.05, 0.1) is 32.7 Å². The van der Waals surface area contributed by atoms with Gasteiger partial charge in [-0.15, -0.1) is 0 Å². The van der Waals surface area contributed by atoms with Gasteiger partial charge in [-0.1, -0.05) is 36.7 Å². The number of ether oxygens (including phenoxy) is 1. The molecular formula is C29H38ClN3O4S. The van der Waals surface area contributed by atoms with Gasteiger partial charge >= 0.3 is 0 Å². The van der Waals surface area contributed by atoms with Gasteiger partial charge in [0.1, 0.15) is 11.6 Å². The number of carbonyl (C=O) groups is 1. The molecule has 0 saturated heterocycles. The Labute approximate surface area is 232 Å². The standard InChI is InChI=1S/C29H38ClN3O4S/c1-9-13-28(31-25-17-22(21(8)34)20(7)16-26(25)37-18(3)4)33-29(23(30)10-2)32-24-14-11-12-15-27(24)38(35,36)19(5)6/h10-19,31H,9H2,1-8H3,(H,32,33)/b23-10+,28-13+. The van der Waals surface area contributed by atoms with E-state index in [-0.39, 0.29) is 22.6 Å². The first kappa shape index (κ1) is 31.1. The van der Waals surface area contributed by atoms with Gasteiger partial charge in [0.2, 0.25) is 0 Å². The van der Waals surface area contributed by atoms with E-state index in [1.54, 1.807) is 57.2 Å². The number of carbonyl (C=O) groups excluding carboxylic acids is 1. The fourth-order valence-electron chi connectivity index (χ4n) is 3.56. The van der Waals surface area contributed by atoms with E-state index in [0.29, 0.717) is 40.0 Å². The molecule has 0 saturated carbocycles. The number of allylic oxidation sites excluding steroid dienone is 2. The van der Waals surface area contributed by atoms with Crippen LogP contribution in [-0.2, 0) is 9.84 Å². The van der Waals surface area contributed by atoms with Crippen LogP contribution in [0.2, 0.25) is 0 Å². The molecule has 0 aliphatic carbocycles. The zero-order chi connectivity index (χ0) is 28.6. The fraction of sp³-hybridized carbons (Fsp3) is 0.379. The Morgan fingerprint density at radius 2 is 1.76 bits per heavy atom. The van der Waals surface area contributed by atoms with Crippen molar-refractivity contribution in [2.45, 2.75) is 78.1 Å². The van der Waals surface area contributed by atoms with E-state index in [2.05, 4.69) is 10.6 Å². The summed E-state index contributed by atoms with van der Waals surface area (Å²) >= 11 is 6.54. The number of nitrogens with one attached hydrogen (secondary N) is 2. The fourth-order valence-corrected chi connectivity index (χ4v) is 4.85. The Hall–Kier alpha value is -3.10. The molecular weight excluding hydrogens is 522 g/mol. The highest BCUT2D eigenvalue weighted by atomic mass is 35.5. The van der Waals surface area contributed by atoms with Gasteiger partial charge in [-0.3, -0.25) is 4.79 Å². The first-order valence-corrected chi connectivity index (χ1v) is 14.5. The number of benzene rings is 2. The molecule has 0 amide bonds. The van der Waals surface area contributed by atoms with Crippen molar-refractivity contribution in [1.29, 1.82) is 0 Å². The number of rotatable bonds is 11. The minimum absolute atomic E-state index is 0.0616. The van der Waals surface area contributed by atoms with E-state index in [1.165, 1.54) is 6.92 Å². The summed E-state index contributed by atoms with van der Waals surface area (Å²) < 4.78 is 32.0. The van der Waals surface area contributed by atoms with E-state index in [9.17, 15) is 13.2 Å². The van der Waals surface area contributed by atoms with Gasteiger partial charge in [0.25, 0.3) is 0 Å². The highest BCUT2D eigenvalue weighted by Crippen LogP contribution is 2.32. The number of ketones is 1. The van der Waals surface area contributed by atoms with E-state index in [4.69, 9.17) is 21.3 Å². The van der Waals surface area contributed by atoms with Gasteiger partial charge < -0.3 is 15.4 Å². The van der Waals surface area contributed by atoms with E-state index in [0.717, 1.165) is 5.56 Å². The first-order chi connectivity index (χ1) is 17.8.